The molecule has 0 aromatic carbocycles. The van der Waals surface area contributed by atoms with E-state index in [0.717, 1.165) is 19.4 Å². The van der Waals surface area contributed by atoms with Gasteiger partial charge < -0.3 is 35.4 Å². The summed E-state index contributed by atoms with van der Waals surface area (Å²) >= 11 is 7.54. The van der Waals surface area contributed by atoms with Crippen LogP contribution in [0, 0.1) is 5.92 Å². The molecule has 5 N–H and O–H groups in total. The summed E-state index contributed by atoms with van der Waals surface area (Å²) in [6, 6.07) is -1.09. The molecule has 2 saturated heterocycles. The fourth-order valence-corrected chi connectivity index (χ4v) is 4.76. The summed E-state index contributed by atoms with van der Waals surface area (Å²) in [6.07, 6.45) is -0.648. The monoisotopic (exact) mass is 454 g/mol. The third kappa shape index (κ3) is 6.67. The first-order valence-electron chi connectivity index (χ1n) is 10.3. The van der Waals surface area contributed by atoms with Gasteiger partial charge in [0.15, 0.2) is 0 Å². The van der Waals surface area contributed by atoms with Crippen molar-refractivity contribution in [3.05, 3.63) is 0 Å². The van der Waals surface area contributed by atoms with E-state index in [0.29, 0.717) is 25.6 Å². The number of amides is 1. The smallest absolute Gasteiger partial charge is 0.237 e. The first-order chi connectivity index (χ1) is 13.8. The molecule has 0 aliphatic carbocycles. The molecule has 2 fully saturated rings. The van der Waals surface area contributed by atoms with Crippen molar-refractivity contribution in [1.29, 1.82) is 0 Å². The van der Waals surface area contributed by atoms with Gasteiger partial charge >= 0.3 is 0 Å². The minimum absolute atomic E-state index is 0.211. The van der Waals surface area contributed by atoms with Crippen molar-refractivity contribution in [3.63, 3.8) is 0 Å². The topological polar surface area (TPSA) is 120 Å². The minimum Gasteiger partial charge on any atom is -0.388 e. The molecule has 2 aliphatic heterocycles. The molecule has 2 heterocycles. The number of carbonyl (C=O) groups excluding carboxylic acids is 1. The van der Waals surface area contributed by atoms with Gasteiger partial charge in [0.25, 0.3) is 0 Å². The van der Waals surface area contributed by atoms with Gasteiger partial charge in [-0.3, -0.25) is 4.79 Å². The minimum atomic E-state index is -1.38. The van der Waals surface area contributed by atoms with Gasteiger partial charge in [0.05, 0.1) is 17.5 Å². The van der Waals surface area contributed by atoms with Crippen LogP contribution in [0.1, 0.15) is 33.1 Å². The van der Waals surface area contributed by atoms with E-state index in [1.54, 1.807) is 13.2 Å². The van der Waals surface area contributed by atoms with Crippen LogP contribution in [0.2, 0.25) is 0 Å². The molecular weight excluding hydrogens is 420 g/mol. The summed E-state index contributed by atoms with van der Waals surface area (Å²) in [5.41, 5.74) is -0.719. The van der Waals surface area contributed by atoms with E-state index in [9.17, 15) is 20.1 Å². The molecule has 2 rings (SSSR count). The Morgan fingerprint density at radius 1 is 1.28 bits per heavy atom. The van der Waals surface area contributed by atoms with E-state index >= 15 is 0 Å². The van der Waals surface area contributed by atoms with Crippen molar-refractivity contribution in [2.45, 2.75) is 80.4 Å². The summed E-state index contributed by atoms with van der Waals surface area (Å²) < 4.78 is 11.3. The van der Waals surface area contributed by atoms with Crippen molar-refractivity contribution in [1.82, 2.24) is 10.6 Å². The molecule has 0 saturated carbocycles. The van der Waals surface area contributed by atoms with Crippen molar-refractivity contribution in [2.75, 3.05) is 26.0 Å². The van der Waals surface area contributed by atoms with Gasteiger partial charge in [-0.25, -0.2) is 0 Å². The summed E-state index contributed by atoms with van der Waals surface area (Å²) in [5, 5.41) is 36.3. The zero-order valence-corrected chi connectivity index (χ0v) is 18.9. The van der Waals surface area contributed by atoms with Crippen LogP contribution in [-0.2, 0) is 14.3 Å². The van der Waals surface area contributed by atoms with Gasteiger partial charge in [0, 0.05) is 13.2 Å². The fourth-order valence-electron chi connectivity index (χ4n) is 3.87. The lowest BCUT2D eigenvalue weighted by atomic mass is 9.92. The van der Waals surface area contributed by atoms with Crippen LogP contribution in [0.15, 0.2) is 0 Å². The Morgan fingerprint density at radius 3 is 2.62 bits per heavy atom. The number of thioether (sulfide) groups is 1. The number of hydrogen-bond acceptors (Lipinski definition) is 8. The highest BCUT2D eigenvalue weighted by molar-refractivity contribution is 7.99. The van der Waals surface area contributed by atoms with Crippen LogP contribution >= 0.6 is 23.4 Å². The second kappa shape index (κ2) is 12.0. The summed E-state index contributed by atoms with van der Waals surface area (Å²) in [7, 11) is 0. The zero-order valence-electron chi connectivity index (χ0n) is 17.3. The van der Waals surface area contributed by atoms with E-state index in [1.807, 2.05) is 6.92 Å². The Morgan fingerprint density at radius 2 is 2.00 bits per heavy atom. The second-order valence-electron chi connectivity index (χ2n) is 7.79. The number of hydrogen-bond donors (Lipinski definition) is 5. The van der Waals surface area contributed by atoms with Gasteiger partial charge in [-0.1, -0.05) is 0 Å². The van der Waals surface area contributed by atoms with Crippen LogP contribution in [0.3, 0.4) is 0 Å². The van der Waals surface area contributed by atoms with E-state index < -0.39 is 41.3 Å². The van der Waals surface area contributed by atoms with Crippen molar-refractivity contribution >= 4 is 29.3 Å². The SMILES string of the molecule is CCOCC1CCNC(C(=O)NC(C(C)Cl)C2OC(SC)C(O)C(O)C2O)CC1. The Hall–Kier alpha value is -0.130. The molecule has 0 bridgehead atoms. The van der Waals surface area contributed by atoms with Crippen molar-refractivity contribution in [3.8, 4) is 0 Å². The lowest BCUT2D eigenvalue weighted by Crippen LogP contribution is -2.65. The molecule has 0 aromatic heterocycles. The molecule has 1 amide bonds. The molecule has 0 spiro atoms. The van der Waals surface area contributed by atoms with E-state index in [-0.39, 0.29) is 11.9 Å². The Balaban J connectivity index is 2.01. The third-order valence-corrected chi connectivity index (χ3v) is 6.80. The van der Waals surface area contributed by atoms with Crippen LogP contribution in [-0.4, -0.2) is 94.6 Å². The summed E-state index contributed by atoms with van der Waals surface area (Å²) in [5.74, 6) is 0.210. The molecular formula is C19H35ClN2O6S. The zero-order chi connectivity index (χ0) is 21.6. The number of carbonyl (C=O) groups is 1. The number of aliphatic hydroxyl groups is 3. The molecule has 9 unspecified atom stereocenters. The molecule has 8 nitrogen and oxygen atoms in total. The normalized spacial score (nSPS) is 38.1. The largest absolute Gasteiger partial charge is 0.388 e. The maximum Gasteiger partial charge on any atom is 0.237 e. The Labute approximate surface area is 182 Å². The third-order valence-electron chi connectivity index (χ3n) is 5.68. The molecule has 0 aromatic rings. The predicted octanol–water partition coefficient (Wildman–Crippen LogP) is 0.0639. The van der Waals surface area contributed by atoms with Gasteiger partial charge in [0.2, 0.25) is 5.91 Å². The van der Waals surface area contributed by atoms with Crippen LogP contribution in [0.4, 0.5) is 0 Å². The number of aliphatic hydroxyl groups excluding tert-OH is 3. The number of rotatable bonds is 8. The lowest BCUT2D eigenvalue weighted by molar-refractivity contribution is -0.205. The maximum atomic E-state index is 12.9. The van der Waals surface area contributed by atoms with Gasteiger partial charge in [-0.05, 0) is 51.8 Å². The first kappa shape index (κ1) is 25.1. The second-order valence-corrected chi connectivity index (χ2v) is 9.41. The lowest BCUT2D eigenvalue weighted by Gasteiger charge is -2.44. The molecule has 0 radical (unpaired) electrons. The number of alkyl halides is 1. The highest BCUT2D eigenvalue weighted by Gasteiger charge is 2.48. The number of nitrogens with one attached hydrogen (secondary N) is 2. The summed E-state index contributed by atoms with van der Waals surface area (Å²) in [4.78, 5) is 12.9. The Kier molecular flexibility index (Phi) is 10.4. The molecule has 29 heavy (non-hydrogen) atoms. The molecule has 10 heteroatoms. The first-order valence-corrected chi connectivity index (χ1v) is 12.0. The van der Waals surface area contributed by atoms with Gasteiger partial charge in [-0.2, -0.15) is 0 Å². The highest BCUT2D eigenvalue weighted by Crippen LogP contribution is 2.30. The summed E-state index contributed by atoms with van der Waals surface area (Å²) in [6.45, 7) is 5.78. The van der Waals surface area contributed by atoms with Crippen LogP contribution in [0.25, 0.3) is 0 Å². The van der Waals surface area contributed by atoms with Crippen LogP contribution < -0.4 is 10.6 Å². The van der Waals surface area contributed by atoms with Crippen LogP contribution in [0.5, 0.6) is 0 Å². The number of ether oxygens (including phenoxy) is 2. The van der Waals surface area contributed by atoms with Gasteiger partial charge in [0.1, 0.15) is 29.9 Å². The highest BCUT2D eigenvalue weighted by atomic mass is 35.5. The van der Waals surface area contributed by atoms with Gasteiger partial charge in [-0.15, -0.1) is 23.4 Å². The quantitative estimate of drug-likeness (QED) is 0.327. The van der Waals surface area contributed by atoms with Crippen molar-refractivity contribution in [2.24, 2.45) is 5.92 Å². The van der Waals surface area contributed by atoms with E-state index in [2.05, 4.69) is 10.6 Å². The average Bonchev–Trinajstić information content (AvgIpc) is 2.95. The number of halogens is 1. The van der Waals surface area contributed by atoms with Crippen molar-refractivity contribution < 1.29 is 29.6 Å². The molecule has 9 atom stereocenters. The Bertz CT molecular complexity index is 515. The van der Waals surface area contributed by atoms with E-state index in [1.165, 1.54) is 11.8 Å². The molecule has 170 valence electrons. The van der Waals surface area contributed by atoms with E-state index in [4.69, 9.17) is 21.1 Å². The maximum absolute atomic E-state index is 12.9. The fraction of sp³-hybridized carbons (Fsp3) is 0.947. The standard InChI is InChI=1S/C19H35ClN2O6S/c1-4-27-9-11-5-6-12(21-8-7-11)18(26)22-13(10(2)20)17-15(24)14(23)16(25)19(28-17)29-3/h10-17,19,21,23-25H,4-9H2,1-3H3,(H,22,26). The molecule has 2 aliphatic rings. The predicted molar refractivity (Wildman–Crippen MR) is 113 cm³/mol. The average molecular weight is 455 g/mol.